The van der Waals surface area contributed by atoms with Gasteiger partial charge >= 0.3 is 6.18 Å². The van der Waals surface area contributed by atoms with E-state index in [1.54, 1.807) is 11.0 Å². The number of halogens is 3. The van der Waals surface area contributed by atoms with Gasteiger partial charge in [0.1, 0.15) is 11.4 Å². The Balaban J connectivity index is 1.91. The summed E-state index contributed by atoms with van der Waals surface area (Å²) in [5.74, 6) is -0.701. The standard InChI is InChI=1S/C16H16F3N5O/c1-24(2)13-7-11-9(8-20-23-11)6-12(13)22-15(25)10-4-3-5-14(21-10)16(17,18)19/h3-7,20,23H,8H2,1-2H3,(H,22,25). The highest BCUT2D eigenvalue weighted by Gasteiger charge is 2.33. The summed E-state index contributed by atoms with van der Waals surface area (Å²) in [6.07, 6.45) is -4.60. The van der Waals surface area contributed by atoms with Gasteiger partial charge in [-0.05, 0) is 29.8 Å². The lowest BCUT2D eigenvalue weighted by molar-refractivity contribution is -0.141. The third-order valence-corrected chi connectivity index (χ3v) is 3.73. The van der Waals surface area contributed by atoms with Gasteiger partial charge in [-0.15, -0.1) is 0 Å². The van der Waals surface area contributed by atoms with Gasteiger partial charge in [-0.25, -0.2) is 10.4 Å². The monoisotopic (exact) mass is 351 g/mol. The van der Waals surface area contributed by atoms with Crippen molar-refractivity contribution in [1.29, 1.82) is 0 Å². The summed E-state index contributed by atoms with van der Waals surface area (Å²) < 4.78 is 38.3. The van der Waals surface area contributed by atoms with Gasteiger partial charge < -0.3 is 15.6 Å². The van der Waals surface area contributed by atoms with Crippen LogP contribution >= 0.6 is 0 Å². The van der Waals surface area contributed by atoms with Crippen LogP contribution in [0.25, 0.3) is 0 Å². The highest BCUT2D eigenvalue weighted by molar-refractivity contribution is 6.05. The molecule has 0 aliphatic carbocycles. The Kier molecular flexibility index (Phi) is 4.25. The lowest BCUT2D eigenvalue weighted by atomic mass is 10.1. The summed E-state index contributed by atoms with van der Waals surface area (Å²) in [6.45, 7) is 0.577. The number of hydrazine groups is 1. The fourth-order valence-corrected chi connectivity index (χ4v) is 2.51. The van der Waals surface area contributed by atoms with Crippen LogP contribution in [0, 0.1) is 0 Å². The van der Waals surface area contributed by atoms with Gasteiger partial charge in [-0.1, -0.05) is 6.07 Å². The van der Waals surface area contributed by atoms with Crippen molar-refractivity contribution in [1.82, 2.24) is 10.4 Å². The minimum absolute atomic E-state index is 0.295. The molecule has 1 aromatic carbocycles. The highest BCUT2D eigenvalue weighted by Crippen LogP contribution is 2.33. The van der Waals surface area contributed by atoms with Gasteiger partial charge in [0, 0.05) is 20.6 Å². The summed E-state index contributed by atoms with van der Waals surface area (Å²) in [4.78, 5) is 17.6. The maximum absolute atomic E-state index is 12.8. The lowest BCUT2D eigenvalue weighted by Gasteiger charge is -2.19. The molecule has 0 bridgehead atoms. The number of benzene rings is 1. The molecule has 0 fully saturated rings. The first-order valence-corrected chi connectivity index (χ1v) is 7.44. The number of carbonyl (C=O) groups is 1. The number of hydrogen-bond acceptors (Lipinski definition) is 5. The molecule has 3 rings (SSSR count). The van der Waals surface area contributed by atoms with Crippen LogP contribution in [-0.4, -0.2) is 25.0 Å². The number of carbonyl (C=O) groups excluding carboxylic acids is 1. The number of amides is 1. The van der Waals surface area contributed by atoms with E-state index in [2.05, 4.69) is 21.2 Å². The number of alkyl halides is 3. The van der Waals surface area contributed by atoms with Gasteiger partial charge in [0.15, 0.2) is 0 Å². The molecule has 0 spiro atoms. The number of anilines is 3. The summed E-state index contributed by atoms with van der Waals surface area (Å²) in [6, 6.07) is 6.87. The molecule has 132 valence electrons. The average Bonchev–Trinajstić information content (AvgIpc) is 3.00. The maximum atomic E-state index is 12.8. The number of pyridine rings is 1. The van der Waals surface area contributed by atoms with Gasteiger partial charge in [-0.2, -0.15) is 13.2 Å². The number of nitrogens with one attached hydrogen (secondary N) is 3. The molecule has 25 heavy (non-hydrogen) atoms. The van der Waals surface area contributed by atoms with Crippen molar-refractivity contribution in [2.75, 3.05) is 29.7 Å². The second-order valence-electron chi connectivity index (χ2n) is 5.76. The van der Waals surface area contributed by atoms with E-state index in [-0.39, 0.29) is 5.69 Å². The Labute approximate surface area is 142 Å². The zero-order valence-electron chi connectivity index (χ0n) is 13.5. The molecule has 1 amide bonds. The largest absolute Gasteiger partial charge is 0.433 e. The third kappa shape index (κ3) is 3.50. The van der Waals surface area contributed by atoms with Gasteiger partial charge in [-0.3, -0.25) is 4.79 Å². The molecule has 6 nitrogen and oxygen atoms in total. The topological polar surface area (TPSA) is 69.3 Å². The van der Waals surface area contributed by atoms with E-state index in [1.165, 1.54) is 6.07 Å². The van der Waals surface area contributed by atoms with Crippen LogP contribution in [0.15, 0.2) is 30.3 Å². The van der Waals surface area contributed by atoms with Crippen molar-refractivity contribution in [3.63, 3.8) is 0 Å². The van der Waals surface area contributed by atoms with E-state index in [9.17, 15) is 18.0 Å². The third-order valence-electron chi connectivity index (χ3n) is 3.73. The molecule has 1 aliphatic heterocycles. The molecule has 9 heteroatoms. The van der Waals surface area contributed by atoms with Crippen LogP contribution in [0.1, 0.15) is 21.7 Å². The van der Waals surface area contributed by atoms with E-state index >= 15 is 0 Å². The Morgan fingerprint density at radius 2 is 2.04 bits per heavy atom. The van der Waals surface area contributed by atoms with Gasteiger partial charge in [0.2, 0.25) is 0 Å². The Bertz CT molecular complexity index is 820. The summed E-state index contributed by atoms with van der Waals surface area (Å²) in [5, 5.41) is 2.65. The van der Waals surface area contributed by atoms with Crippen molar-refractivity contribution >= 4 is 23.0 Å². The molecular weight excluding hydrogens is 335 g/mol. The fraction of sp³-hybridized carbons (Fsp3) is 0.250. The number of nitrogens with zero attached hydrogens (tertiary/aromatic N) is 2. The van der Waals surface area contributed by atoms with Crippen molar-refractivity contribution in [2.45, 2.75) is 12.7 Å². The smallest absolute Gasteiger partial charge is 0.376 e. The zero-order valence-corrected chi connectivity index (χ0v) is 13.5. The SMILES string of the molecule is CN(C)c1cc2c(cc1NC(=O)c1cccc(C(F)(F)F)n1)CNN2. The summed E-state index contributed by atoms with van der Waals surface area (Å²) >= 11 is 0. The van der Waals surface area contributed by atoms with Crippen molar-refractivity contribution in [3.8, 4) is 0 Å². The van der Waals surface area contributed by atoms with E-state index in [4.69, 9.17) is 0 Å². The molecule has 0 saturated carbocycles. The zero-order chi connectivity index (χ0) is 18.2. The minimum Gasteiger partial charge on any atom is -0.376 e. The van der Waals surface area contributed by atoms with Crippen LogP contribution in [-0.2, 0) is 12.7 Å². The first-order chi connectivity index (χ1) is 11.8. The molecule has 0 radical (unpaired) electrons. The van der Waals surface area contributed by atoms with Crippen LogP contribution in [0.3, 0.4) is 0 Å². The first-order valence-electron chi connectivity index (χ1n) is 7.44. The molecule has 2 aromatic rings. The van der Waals surface area contributed by atoms with Gasteiger partial charge in [0.05, 0.1) is 17.1 Å². The van der Waals surface area contributed by atoms with E-state index in [0.717, 1.165) is 29.1 Å². The molecule has 1 aliphatic rings. The van der Waals surface area contributed by atoms with Crippen LogP contribution in [0.4, 0.5) is 30.2 Å². The van der Waals surface area contributed by atoms with Gasteiger partial charge in [0.25, 0.3) is 5.91 Å². The molecule has 0 unspecified atom stereocenters. The predicted molar refractivity (Wildman–Crippen MR) is 88.4 cm³/mol. The van der Waals surface area contributed by atoms with E-state index in [1.807, 2.05) is 20.2 Å². The first kappa shape index (κ1) is 17.0. The Hall–Kier alpha value is -2.81. The summed E-state index contributed by atoms with van der Waals surface area (Å²) in [7, 11) is 3.62. The van der Waals surface area contributed by atoms with E-state index in [0.29, 0.717) is 12.2 Å². The highest BCUT2D eigenvalue weighted by atomic mass is 19.4. The van der Waals surface area contributed by atoms with Crippen molar-refractivity contribution in [3.05, 3.63) is 47.3 Å². The second kappa shape index (κ2) is 6.25. The van der Waals surface area contributed by atoms with Crippen LogP contribution in [0.5, 0.6) is 0 Å². The summed E-state index contributed by atoms with van der Waals surface area (Å²) in [5.41, 5.74) is 7.63. The number of rotatable bonds is 3. The van der Waals surface area contributed by atoms with Crippen LogP contribution < -0.4 is 21.1 Å². The van der Waals surface area contributed by atoms with Crippen LogP contribution in [0.2, 0.25) is 0 Å². The van der Waals surface area contributed by atoms with Crippen molar-refractivity contribution in [2.24, 2.45) is 0 Å². The minimum atomic E-state index is -4.60. The predicted octanol–water partition coefficient (Wildman–Crippen LogP) is 2.85. The number of hydrogen-bond donors (Lipinski definition) is 3. The Morgan fingerprint density at radius 3 is 2.72 bits per heavy atom. The molecule has 3 N–H and O–H groups in total. The average molecular weight is 351 g/mol. The lowest BCUT2D eigenvalue weighted by Crippen LogP contribution is -2.19. The number of fused-ring (bicyclic) bond motifs is 1. The molecule has 0 saturated heterocycles. The maximum Gasteiger partial charge on any atom is 0.433 e. The quantitative estimate of drug-likeness (QED) is 0.793. The molecule has 0 atom stereocenters. The molecule has 1 aromatic heterocycles. The Morgan fingerprint density at radius 1 is 1.28 bits per heavy atom. The molecular formula is C16H16F3N5O. The number of aromatic nitrogens is 1. The van der Waals surface area contributed by atoms with E-state index < -0.39 is 17.8 Å². The molecule has 2 heterocycles. The van der Waals surface area contributed by atoms with Crippen molar-refractivity contribution < 1.29 is 18.0 Å². The fourth-order valence-electron chi connectivity index (χ4n) is 2.51. The normalized spacial score (nSPS) is 13.2. The second-order valence-corrected chi connectivity index (χ2v) is 5.76.